The van der Waals surface area contributed by atoms with Gasteiger partial charge in [0.25, 0.3) is 0 Å². The highest BCUT2D eigenvalue weighted by atomic mass is 14.2. The number of rotatable bonds is 0. The molecule has 0 spiro atoms. The lowest BCUT2D eigenvalue weighted by Crippen LogP contribution is -1.99. The first-order chi connectivity index (χ1) is 7.43. The molecule has 0 aromatic carbocycles. The summed E-state index contributed by atoms with van der Waals surface area (Å²) < 4.78 is 0. The summed E-state index contributed by atoms with van der Waals surface area (Å²) >= 11 is 0. The molecule has 15 heavy (non-hydrogen) atoms. The van der Waals surface area contributed by atoms with E-state index in [1.165, 1.54) is 29.6 Å². The third kappa shape index (κ3) is 1.56. The van der Waals surface area contributed by atoms with Gasteiger partial charge in [0.05, 0.1) is 0 Å². The second-order valence-electron chi connectivity index (χ2n) is 4.19. The van der Waals surface area contributed by atoms with Gasteiger partial charge in [-0.05, 0) is 29.6 Å². The van der Waals surface area contributed by atoms with Crippen LogP contribution in [0, 0.1) is 5.92 Å². The fraction of sp³-hybridized carbons (Fsp3) is 0.200. The Hall–Kier alpha value is -1.56. The van der Waals surface area contributed by atoms with E-state index in [0.717, 1.165) is 0 Å². The van der Waals surface area contributed by atoms with Crippen LogP contribution >= 0.6 is 0 Å². The minimum atomic E-state index is 0.474. The Morgan fingerprint density at radius 3 is 3.07 bits per heavy atom. The van der Waals surface area contributed by atoms with Crippen molar-refractivity contribution in [1.29, 1.82) is 0 Å². The average Bonchev–Trinajstić information content (AvgIpc) is 2.48. The summed E-state index contributed by atoms with van der Waals surface area (Å²) in [7, 11) is 0. The zero-order chi connectivity index (χ0) is 10.1. The molecule has 0 aromatic heterocycles. The Bertz CT molecular complexity index is 450. The maximum Gasteiger partial charge on any atom is 0.0210 e. The smallest absolute Gasteiger partial charge is 0.0210 e. The standard InChI is InChI=1S/C15H14/c1-3-7-14-11-15-8-4-2-6-13(15)10-9-12(14)5-1/h1,3-5,7-11,14H,2,6H2. The van der Waals surface area contributed by atoms with Crippen molar-refractivity contribution in [2.24, 2.45) is 5.92 Å². The van der Waals surface area contributed by atoms with E-state index in [9.17, 15) is 0 Å². The predicted octanol–water partition coefficient (Wildman–Crippen LogP) is 3.87. The minimum Gasteiger partial charge on any atom is -0.0836 e. The molecule has 3 aliphatic rings. The molecule has 0 fully saturated rings. The molecule has 0 N–H and O–H groups in total. The molecule has 0 saturated carbocycles. The van der Waals surface area contributed by atoms with E-state index in [0.29, 0.717) is 5.92 Å². The van der Waals surface area contributed by atoms with E-state index >= 15 is 0 Å². The maximum atomic E-state index is 2.38. The Morgan fingerprint density at radius 2 is 2.07 bits per heavy atom. The Kier molecular flexibility index (Phi) is 2.06. The molecule has 74 valence electrons. The van der Waals surface area contributed by atoms with Crippen molar-refractivity contribution in [3.8, 4) is 0 Å². The zero-order valence-corrected chi connectivity index (χ0v) is 8.69. The van der Waals surface area contributed by atoms with E-state index in [4.69, 9.17) is 0 Å². The molecular weight excluding hydrogens is 180 g/mol. The predicted molar refractivity (Wildman–Crippen MR) is 64.4 cm³/mol. The third-order valence-corrected chi connectivity index (χ3v) is 3.19. The van der Waals surface area contributed by atoms with Gasteiger partial charge in [-0.25, -0.2) is 0 Å². The van der Waals surface area contributed by atoms with Gasteiger partial charge in [-0.15, -0.1) is 0 Å². The Balaban J connectivity index is 2.08. The Morgan fingerprint density at radius 1 is 1.07 bits per heavy atom. The van der Waals surface area contributed by atoms with Crippen molar-refractivity contribution in [2.75, 3.05) is 0 Å². The van der Waals surface area contributed by atoms with E-state index < -0.39 is 0 Å². The summed E-state index contributed by atoms with van der Waals surface area (Å²) in [4.78, 5) is 0. The first-order valence-corrected chi connectivity index (χ1v) is 5.58. The molecule has 0 nitrogen and oxygen atoms in total. The minimum absolute atomic E-state index is 0.474. The molecular formula is C15H14. The van der Waals surface area contributed by atoms with Gasteiger partial charge in [0.15, 0.2) is 0 Å². The highest BCUT2D eigenvalue weighted by Crippen LogP contribution is 2.31. The average molecular weight is 194 g/mol. The summed E-state index contributed by atoms with van der Waals surface area (Å²) in [5.41, 5.74) is 4.30. The van der Waals surface area contributed by atoms with Crippen LogP contribution in [-0.2, 0) is 0 Å². The molecule has 1 atom stereocenters. The highest BCUT2D eigenvalue weighted by Gasteiger charge is 2.15. The number of allylic oxidation sites excluding steroid dienone is 12. The van der Waals surface area contributed by atoms with Gasteiger partial charge in [-0.1, -0.05) is 54.7 Å². The largest absolute Gasteiger partial charge is 0.0836 e. The van der Waals surface area contributed by atoms with Crippen LogP contribution in [0.5, 0.6) is 0 Å². The summed E-state index contributed by atoms with van der Waals surface area (Å²) in [6.45, 7) is 0. The van der Waals surface area contributed by atoms with E-state index in [1.807, 2.05) is 0 Å². The summed E-state index contributed by atoms with van der Waals surface area (Å²) in [5.74, 6) is 0.474. The van der Waals surface area contributed by atoms with Crippen molar-refractivity contribution in [2.45, 2.75) is 12.8 Å². The van der Waals surface area contributed by atoms with Crippen molar-refractivity contribution < 1.29 is 0 Å². The van der Waals surface area contributed by atoms with Gasteiger partial charge in [-0.2, -0.15) is 0 Å². The molecule has 0 aliphatic heterocycles. The summed E-state index contributed by atoms with van der Waals surface area (Å²) in [5, 5.41) is 0. The van der Waals surface area contributed by atoms with E-state index in [2.05, 4.69) is 54.7 Å². The quantitative estimate of drug-likeness (QED) is 0.549. The lowest BCUT2D eigenvalue weighted by atomic mass is 9.90. The topological polar surface area (TPSA) is 0 Å². The van der Waals surface area contributed by atoms with Gasteiger partial charge in [-0.3, -0.25) is 0 Å². The second kappa shape index (κ2) is 3.54. The normalized spacial score (nSPS) is 27.2. The fourth-order valence-electron chi connectivity index (χ4n) is 2.32. The van der Waals surface area contributed by atoms with Gasteiger partial charge in [0.2, 0.25) is 0 Å². The number of hydrogen-bond acceptors (Lipinski definition) is 0. The van der Waals surface area contributed by atoms with Gasteiger partial charge >= 0.3 is 0 Å². The monoisotopic (exact) mass is 194 g/mol. The molecule has 0 bridgehead atoms. The van der Waals surface area contributed by atoms with Crippen LogP contribution in [-0.4, -0.2) is 0 Å². The molecule has 3 rings (SSSR count). The molecule has 3 aliphatic carbocycles. The summed E-state index contributed by atoms with van der Waals surface area (Å²) in [6, 6.07) is 0. The van der Waals surface area contributed by atoms with Crippen molar-refractivity contribution >= 4 is 0 Å². The Labute approximate surface area is 90.7 Å². The van der Waals surface area contributed by atoms with Gasteiger partial charge < -0.3 is 0 Å². The van der Waals surface area contributed by atoms with Crippen molar-refractivity contribution in [3.63, 3.8) is 0 Å². The first-order valence-electron chi connectivity index (χ1n) is 5.58. The highest BCUT2D eigenvalue weighted by molar-refractivity contribution is 5.51. The molecule has 1 unspecified atom stereocenters. The SMILES string of the molecule is C1=CC2=CC=C3CCC=CC3=CC2C=C1. The van der Waals surface area contributed by atoms with Crippen LogP contribution in [0.4, 0.5) is 0 Å². The van der Waals surface area contributed by atoms with Crippen LogP contribution in [0.3, 0.4) is 0 Å². The third-order valence-electron chi connectivity index (χ3n) is 3.19. The number of hydrogen-bond donors (Lipinski definition) is 0. The van der Waals surface area contributed by atoms with Crippen LogP contribution < -0.4 is 0 Å². The zero-order valence-electron chi connectivity index (χ0n) is 8.69. The van der Waals surface area contributed by atoms with E-state index in [1.54, 1.807) is 0 Å². The van der Waals surface area contributed by atoms with Crippen molar-refractivity contribution in [3.05, 3.63) is 71.4 Å². The molecule has 0 heteroatoms. The van der Waals surface area contributed by atoms with Crippen molar-refractivity contribution in [1.82, 2.24) is 0 Å². The van der Waals surface area contributed by atoms with Crippen LogP contribution in [0.1, 0.15) is 12.8 Å². The van der Waals surface area contributed by atoms with Gasteiger partial charge in [0, 0.05) is 5.92 Å². The first kappa shape index (κ1) is 8.72. The number of fused-ring (bicyclic) bond motifs is 2. The van der Waals surface area contributed by atoms with Crippen LogP contribution in [0.15, 0.2) is 71.4 Å². The summed E-state index contributed by atoms with van der Waals surface area (Å²) in [6.07, 6.45) is 22.6. The fourth-order valence-corrected chi connectivity index (χ4v) is 2.32. The maximum absolute atomic E-state index is 2.38. The molecule has 0 radical (unpaired) electrons. The van der Waals surface area contributed by atoms with E-state index in [-0.39, 0.29) is 0 Å². The molecule has 0 saturated heterocycles. The molecule has 0 aromatic rings. The lowest BCUT2D eigenvalue weighted by molar-refractivity contribution is 0.948. The van der Waals surface area contributed by atoms with Crippen LogP contribution in [0.2, 0.25) is 0 Å². The van der Waals surface area contributed by atoms with Gasteiger partial charge in [0.1, 0.15) is 0 Å². The molecule has 0 amide bonds. The second-order valence-corrected chi connectivity index (χ2v) is 4.19. The lowest BCUT2D eigenvalue weighted by Gasteiger charge is -2.14. The van der Waals surface area contributed by atoms with Crippen LogP contribution in [0.25, 0.3) is 0 Å². The molecule has 0 heterocycles.